The quantitative estimate of drug-likeness (QED) is 0.486. The maximum Gasteiger partial charge on any atom is 0.225 e. The van der Waals surface area contributed by atoms with E-state index in [0.29, 0.717) is 12.5 Å². The van der Waals surface area contributed by atoms with Crippen molar-refractivity contribution in [1.29, 1.82) is 0 Å². The molecular formula is C21H15N3O. The first-order chi connectivity index (χ1) is 12.4. The molecule has 0 bridgehead atoms. The third-order valence-electron chi connectivity index (χ3n) is 4.39. The third kappa shape index (κ3) is 2.39. The highest BCUT2D eigenvalue weighted by atomic mass is 16.5. The highest BCUT2D eigenvalue weighted by Gasteiger charge is 2.10. The summed E-state index contributed by atoms with van der Waals surface area (Å²) in [6, 6.07) is 24.6. The van der Waals surface area contributed by atoms with E-state index in [1.54, 1.807) is 6.20 Å². The molecule has 0 fully saturated rings. The van der Waals surface area contributed by atoms with E-state index < -0.39 is 0 Å². The average Bonchev–Trinajstić information content (AvgIpc) is 3.15. The Morgan fingerprint density at radius 2 is 1.68 bits per heavy atom. The molecule has 0 aliphatic carbocycles. The van der Waals surface area contributed by atoms with Crippen molar-refractivity contribution in [3.63, 3.8) is 0 Å². The van der Waals surface area contributed by atoms with Crippen molar-refractivity contribution in [2.75, 3.05) is 0 Å². The molecule has 2 aromatic heterocycles. The van der Waals surface area contributed by atoms with Crippen LogP contribution in [0.5, 0.6) is 5.88 Å². The van der Waals surface area contributed by atoms with E-state index >= 15 is 0 Å². The van der Waals surface area contributed by atoms with E-state index in [2.05, 4.69) is 52.5 Å². The second-order valence-corrected chi connectivity index (χ2v) is 6.01. The lowest BCUT2D eigenvalue weighted by molar-refractivity contribution is 0.298. The van der Waals surface area contributed by atoms with Gasteiger partial charge in [0.15, 0.2) is 5.65 Å². The summed E-state index contributed by atoms with van der Waals surface area (Å²) in [5, 5.41) is 7.74. The second-order valence-electron chi connectivity index (χ2n) is 6.01. The fraction of sp³-hybridized carbons (Fsp3) is 0.0476. The molecule has 25 heavy (non-hydrogen) atoms. The topological polar surface area (TPSA) is 39.4 Å². The van der Waals surface area contributed by atoms with Gasteiger partial charge in [-0.05, 0) is 34.5 Å². The number of fused-ring (bicyclic) bond motifs is 4. The summed E-state index contributed by atoms with van der Waals surface area (Å²) in [6.07, 6.45) is 1.75. The van der Waals surface area contributed by atoms with Crippen LogP contribution in [-0.2, 0) is 6.61 Å². The molecule has 3 aromatic carbocycles. The molecular weight excluding hydrogens is 310 g/mol. The van der Waals surface area contributed by atoms with Crippen molar-refractivity contribution < 1.29 is 4.74 Å². The van der Waals surface area contributed by atoms with Gasteiger partial charge in [0, 0.05) is 6.07 Å². The maximum atomic E-state index is 6.08. The standard InChI is InChI=1S/C21H15N3O/c1-2-6-17-13-15(9-10-16(17)5-1)14-25-21-18-7-3-4-8-19(18)24-20(23-21)11-12-22-24/h1-13H,14H2. The SMILES string of the molecule is c1ccc2cc(COc3nc4ccnn4c4ccccc34)ccc2c1. The Morgan fingerprint density at radius 3 is 2.64 bits per heavy atom. The van der Waals surface area contributed by atoms with Gasteiger partial charge in [-0.2, -0.15) is 10.1 Å². The van der Waals surface area contributed by atoms with Crippen LogP contribution in [0.3, 0.4) is 0 Å². The van der Waals surface area contributed by atoms with E-state index in [4.69, 9.17) is 4.74 Å². The van der Waals surface area contributed by atoms with Gasteiger partial charge in [-0.3, -0.25) is 0 Å². The predicted octanol–water partition coefficient (Wildman–Crippen LogP) is 4.61. The van der Waals surface area contributed by atoms with Crippen molar-refractivity contribution in [3.05, 3.63) is 84.6 Å². The second kappa shape index (κ2) is 5.60. The van der Waals surface area contributed by atoms with E-state index in [1.807, 2.05) is 34.8 Å². The lowest BCUT2D eigenvalue weighted by Crippen LogP contribution is -2.01. The summed E-state index contributed by atoms with van der Waals surface area (Å²) in [6.45, 7) is 0.478. The van der Waals surface area contributed by atoms with Gasteiger partial charge >= 0.3 is 0 Å². The lowest BCUT2D eigenvalue weighted by atomic mass is 10.1. The Morgan fingerprint density at radius 1 is 0.840 bits per heavy atom. The average molecular weight is 325 g/mol. The molecule has 2 heterocycles. The Labute approximate surface area is 144 Å². The monoisotopic (exact) mass is 325 g/mol. The number of hydrogen-bond donors (Lipinski definition) is 0. The molecule has 0 unspecified atom stereocenters. The Hall–Kier alpha value is -3.40. The summed E-state index contributed by atoms with van der Waals surface area (Å²) in [5.74, 6) is 0.636. The minimum Gasteiger partial charge on any atom is -0.472 e. The summed E-state index contributed by atoms with van der Waals surface area (Å²) in [7, 11) is 0. The van der Waals surface area contributed by atoms with Gasteiger partial charge in [0.2, 0.25) is 5.88 Å². The Bertz CT molecular complexity index is 1210. The summed E-state index contributed by atoms with van der Waals surface area (Å²) < 4.78 is 7.91. The van der Waals surface area contributed by atoms with Crippen LogP contribution in [0.1, 0.15) is 5.56 Å². The number of para-hydroxylation sites is 1. The maximum absolute atomic E-state index is 6.08. The molecule has 0 spiro atoms. The lowest BCUT2D eigenvalue weighted by Gasteiger charge is -2.10. The van der Waals surface area contributed by atoms with Gasteiger partial charge in [-0.25, -0.2) is 4.52 Å². The molecule has 0 saturated heterocycles. The number of rotatable bonds is 3. The predicted molar refractivity (Wildman–Crippen MR) is 98.8 cm³/mol. The van der Waals surface area contributed by atoms with Crippen LogP contribution in [0.25, 0.3) is 27.3 Å². The molecule has 120 valence electrons. The van der Waals surface area contributed by atoms with Gasteiger partial charge < -0.3 is 4.74 Å². The summed E-state index contributed by atoms with van der Waals surface area (Å²) in [4.78, 5) is 4.62. The summed E-state index contributed by atoms with van der Waals surface area (Å²) in [5.41, 5.74) is 2.90. The highest BCUT2D eigenvalue weighted by Crippen LogP contribution is 2.25. The Kier molecular flexibility index (Phi) is 3.13. The van der Waals surface area contributed by atoms with Crippen molar-refractivity contribution >= 4 is 27.3 Å². The summed E-state index contributed by atoms with van der Waals surface area (Å²) >= 11 is 0. The van der Waals surface area contributed by atoms with E-state index in [-0.39, 0.29) is 0 Å². The van der Waals surface area contributed by atoms with Crippen LogP contribution >= 0.6 is 0 Å². The van der Waals surface area contributed by atoms with Crippen LogP contribution in [0.4, 0.5) is 0 Å². The zero-order valence-corrected chi connectivity index (χ0v) is 13.5. The molecule has 0 radical (unpaired) electrons. The fourth-order valence-corrected chi connectivity index (χ4v) is 3.16. The zero-order valence-electron chi connectivity index (χ0n) is 13.5. The molecule has 4 heteroatoms. The third-order valence-corrected chi connectivity index (χ3v) is 4.39. The number of hydrogen-bond acceptors (Lipinski definition) is 3. The first-order valence-electron chi connectivity index (χ1n) is 8.21. The fourth-order valence-electron chi connectivity index (χ4n) is 3.16. The number of ether oxygens (including phenoxy) is 1. The van der Waals surface area contributed by atoms with E-state index in [1.165, 1.54) is 10.8 Å². The number of nitrogens with zero attached hydrogens (tertiary/aromatic N) is 3. The molecule has 4 nitrogen and oxygen atoms in total. The molecule has 0 amide bonds. The number of aromatic nitrogens is 3. The van der Waals surface area contributed by atoms with Crippen LogP contribution in [0.2, 0.25) is 0 Å². The van der Waals surface area contributed by atoms with Gasteiger partial charge in [0.05, 0.1) is 17.1 Å². The molecule has 5 rings (SSSR count). The molecule has 0 aliphatic rings. The highest BCUT2D eigenvalue weighted by molar-refractivity contribution is 5.86. The molecule has 0 N–H and O–H groups in total. The van der Waals surface area contributed by atoms with Crippen molar-refractivity contribution in [3.8, 4) is 5.88 Å². The van der Waals surface area contributed by atoms with Gasteiger partial charge in [-0.15, -0.1) is 0 Å². The van der Waals surface area contributed by atoms with Crippen molar-refractivity contribution in [2.24, 2.45) is 0 Å². The van der Waals surface area contributed by atoms with Crippen molar-refractivity contribution in [2.45, 2.75) is 6.61 Å². The van der Waals surface area contributed by atoms with Gasteiger partial charge in [0.25, 0.3) is 0 Å². The molecule has 5 aromatic rings. The first kappa shape index (κ1) is 14.0. The normalized spacial score (nSPS) is 11.4. The van der Waals surface area contributed by atoms with E-state index in [0.717, 1.165) is 22.1 Å². The van der Waals surface area contributed by atoms with Crippen LogP contribution in [-0.4, -0.2) is 14.6 Å². The first-order valence-corrected chi connectivity index (χ1v) is 8.21. The minimum atomic E-state index is 0.478. The van der Waals surface area contributed by atoms with Gasteiger partial charge in [-0.1, -0.05) is 48.5 Å². The number of benzene rings is 3. The Balaban J connectivity index is 1.54. The zero-order chi connectivity index (χ0) is 16.6. The van der Waals surface area contributed by atoms with E-state index in [9.17, 15) is 0 Å². The molecule has 0 aliphatic heterocycles. The smallest absolute Gasteiger partial charge is 0.225 e. The van der Waals surface area contributed by atoms with Gasteiger partial charge in [0.1, 0.15) is 6.61 Å². The molecule has 0 atom stereocenters. The van der Waals surface area contributed by atoms with Crippen LogP contribution in [0.15, 0.2) is 79.0 Å². The molecule has 0 saturated carbocycles. The van der Waals surface area contributed by atoms with Crippen LogP contribution < -0.4 is 4.74 Å². The largest absolute Gasteiger partial charge is 0.472 e. The minimum absolute atomic E-state index is 0.478. The van der Waals surface area contributed by atoms with Crippen LogP contribution in [0, 0.1) is 0 Å². The van der Waals surface area contributed by atoms with Crippen molar-refractivity contribution in [1.82, 2.24) is 14.6 Å².